The second-order valence-electron chi connectivity index (χ2n) is 6.61. The zero-order chi connectivity index (χ0) is 21.0. The maximum Gasteiger partial charge on any atom is 0.258 e. The van der Waals surface area contributed by atoms with Crippen molar-refractivity contribution in [3.05, 3.63) is 58.9 Å². The Labute approximate surface area is 174 Å². The molecule has 0 unspecified atom stereocenters. The summed E-state index contributed by atoms with van der Waals surface area (Å²) >= 11 is 6.08. The van der Waals surface area contributed by atoms with E-state index < -0.39 is 0 Å². The molecule has 152 valence electrons. The van der Waals surface area contributed by atoms with Crippen molar-refractivity contribution in [1.29, 1.82) is 0 Å². The average Bonchev–Trinajstić information content (AvgIpc) is 3.20. The molecule has 0 aliphatic rings. The molecule has 0 aliphatic heterocycles. The van der Waals surface area contributed by atoms with Crippen LogP contribution in [-0.2, 0) is 6.54 Å². The Kier molecular flexibility index (Phi) is 6.39. The first-order chi connectivity index (χ1) is 13.9. The van der Waals surface area contributed by atoms with Gasteiger partial charge in [0.05, 0.1) is 19.8 Å². The summed E-state index contributed by atoms with van der Waals surface area (Å²) in [7, 11) is 3.12. The molecule has 0 atom stereocenters. The van der Waals surface area contributed by atoms with Crippen molar-refractivity contribution in [1.82, 2.24) is 15.0 Å². The van der Waals surface area contributed by atoms with Gasteiger partial charge in [-0.1, -0.05) is 16.8 Å². The van der Waals surface area contributed by atoms with Crippen LogP contribution in [0.15, 0.2) is 47.0 Å². The van der Waals surface area contributed by atoms with E-state index in [2.05, 4.69) is 10.1 Å². The molecule has 0 fully saturated rings. The number of rotatable bonds is 7. The van der Waals surface area contributed by atoms with Gasteiger partial charge in [0, 0.05) is 16.6 Å². The van der Waals surface area contributed by atoms with Crippen LogP contribution in [0, 0.1) is 0 Å². The number of amides is 1. The van der Waals surface area contributed by atoms with E-state index in [1.54, 1.807) is 30.2 Å². The van der Waals surface area contributed by atoms with Gasteiger partial charge in [0.15, 0.2) is 0 Å². The van der Waals surface area contributed by atoms with E-state index in [0.29, 0.717) is 28.1 Å². The number of methoxy groups -OCH3 is 2. The van der Waals surface area contributed by atoms with Crippen molar-refractivity contribution in [2.75, 3.05) is 14.2 Å². The van der Waals surface area contributed by atoms with Gasteiger partial charge < -0.3 is 18.9 Å². The molecule has 0 saturated carbocycles. The second-order valence-corrected chi connectivity index (χ2v) is 7.05. The Balaban J connectivity index is 1.83. The topological polar surface area (TPSA) is 77.7 Å². The molecule has 29 heavy (non-hydrogen) atoms. The number of nitrogens with zero attached hydrogens (tertiary/aromatic N) is 3. The fourth-order valence-electron chi connectivity index (χ4n) is 2.81. The first-order valence-electron chi connectivity index (χ1n) is 9.04. The minimum absolute atomic E-state index is 0.109. The van der Waals surface area contributed by atoms with E-state index in [9.17, 15) is 4.79 Å². The van der Waals surface area contributed by atoms with Gasteiger partial charge >= 0.3 is 0 Å². The molecule has 0 bridgehead atoms. The van der Waals surface area contributed by atoms with Crippen LogP contribution in [0.2, 0.25) is 5.02 Å². The highest BCUT2D eigenvalue weighted by atomic mass is 35.5. The van der Waals surface area contributed by atoms with Crippen LogP contribution < -0.4 is 9.47 Å². The van der Waals surface area contributed by atoms with E-state index in [1.165, 1.54) is 7.11 Å². The van der Waals surface area contributed by atoms with Crippen LogP contribution in [-0.4, -0.2) is 41.2 Å². The van der Waals surface area contributed by atoms with Crippen LogP contribution in [0.25, 0.3) is 11.4 Å². The van der Waals surface area contributed by atoms with Gasteiger partial charge in [-0.15, -0.1) is 0 Å². The number of halogens is 1. The lowest BCUT2D eigenvalue weighted by atomic mass is 10.1. The number of aromatic nitrogens is 2. The summed E-state index contributed by atoms with van der Waals surface area (Å²) < 4.78 is 15.9. The lowest BCUT2D eigenvalue weighted by molar-refractivity contribution is 0.0664. The molecular formula is C21H22ClN3O4. The lowest BCUT2D eigenvalue weighted by Gasteiger charge is -2.26. The largest absolute Gasteiger partial charge is 0.497 e. The fourth-order valence-corrected chi connectivity index (χ4v) is 2.99. The van der Waals surface area contributed by atoms with E-state index in [4.69, 9.17) is 25.6 Å². The zero-order valence-electron chi connectivity index (χ0n) is 16.7. The molecule has 8 heteroatoms. The Morgan fingerprint density at radius 1 is 1.14 bits per heavy atom. The molecule has 7 nitrogen and oxygen atoms in total. The quantitative estimate of drug-likeness (QED) is 0.567. The summed E-state index contributed by atoms with van der Waals surface area (Å²) in [4.78, 5) is 19.2. The van der Waals surface area contributed by atoms with Gasteiger partial charge in [0.2, 0.25) is 11.7 Å². The van der Waals surface area contributed by atoms with Gasteiger partial charge in [0.1, 0.15) is 18.0 Å². The molecule has 3 rings (SSSR count). The minimum Gasteiger partial charge on any atom is -0.497 e. The number of hydrogen-bond donors (Lipinski definition) is 0. The zero-order valence-corrected chi connectivity index (χ0v) is 17.4. The molecule has 0 N–H and O–H groups in total. The Morgan fingerprint density at radius 3 is 2.48 bits per heavy atom. The fraction of sp³-hybridized carbons (Fsp3) is 0.286. The molecule has 3 aromatic rings. The van der Waals surface area contributed by atoms with Crippen LogP contribution in [0.1, 0.15) is 30.1 Å². The molecule has 2 aromatic carbocycles. The van der Waals surface area contributed by atoms with E-state index in [-0.39, 0.29) is 18.5 Å². The standard InChI is InChI=1S/C21H22ClN3O4/c1-13(2)25(21(26)17-11-15(22)7-10-18(17)28-4)12-19-23-20(24-29-19)14-5-8-16(27-3)9-6-14/h5-11,13H,12H2,1-4H3. The van der Waals surface area contributed by atoms with Gasteiger partial charge in [-0.2, -0.15) is 4.98 Å². The van der Waals surface area contributed by atoms with Crippen LogP contribution in [0.4, 0.5) is 0 Å². The maximum absolute atomic E-state index is 13.2. The third-order valence-corrected chi connectivity index (χ3v) is 4.63. The summed E-state index contributed by atoms with van der Waals surface area (Å²) in [5.41, 5.74) is 1.17. The summed E-state index contributed by atoms with van der Waals surface area (Å²) in [6.45, 7) is 3.99. The number of hydrogen-bond acceptors (Lipinski definition) is 6. The van der Waals surface area contributed by atoms with Crippen molar-refractivity contribution in [2.45, 2.75) is 26.4 Å². The summed E-state index contributed by atoms with van der Waals surface area (Å²) in [5.74, 6) is 1.74. The normalized spacial score (nSPS) is 10.8. The van der Waals surface area contributed by atoms with E-state index >= 15 is 0 Å². The van der Waals surface area contributed by atoms with Gasteiger partial charge in [-0.3, -0.25) is 4.79 Å². The highest BCUT2D eigenvalue weighted by Gasteiger charge is 2.25. The Hall–Kier alpha value is -3.06. The summed E-state index contributed by atoms with van der Waals surface area (Å²) in [6, 6.07) is 12.2. The van der Waals surface area contributed by atoms with Crippen molar-refractivity contribution in [3.63, 3.8) is 0 Å². The number of benzene rings is 2. The molecular weight excluding hydrogens is 394 g/mol. The first-order valence-corrected chi connectivity index (χ1v) is 9.42. The predicted octanol–water partition coefficient (Wildman–Crippen LogP) is 4.46. The van der Waals surface area contributed by atoms with E-state index in [1.807, 2.05) is 38.1 Å². The van der Waals surface area contributed by atoms with Crippen molar-refractivity contribution < 1.29 is 18.8 Å². The monoisotopic (exact) mass is 415 g/mol. The number of carbonyl (C=O) groups excluding carboxylic acids is 1. The molecule has 1 aromatic heterocycles. The lowest BCUT2D eigenvalue weighted by Crippen LogP contribution is -2.36. The Bertz CT molecular complexity index is 986. The molecule has 0 radical (unpaired) electrons. The van der Waals surface area contributed by atoms with Crippen molar-refractivity contribution in [2.24, 2.45) is 0 Å². The predicted molar refractivity (Wildman–Crippen MR) is 109 cm³/mol. The van der Waals surface area contributed by atoms with Crippen molar-refractivity contribution >= 4 is 17.5 Å². The smallest absolute Gasteiger partial charge is 0.258 e. The van der Waals surface area contributed by atoms with Gasteiger partial charge in [-0.25, -0.2) is 0 Å². The van der Waals surface area contributed by atoms with Gasteiger partial charge in [0.25, 0.3) is 5.91 Å². The summed E-state index contributed by atoms with van der Waals surface area (Å²) in [5, 5.41) is 4.48. The molecule has 1 amide bonds. The Morgan fingerprint density at radius 2 is 1.86 bits per heavy atom. The van der Waals surface area contributed by atoms with Crippen LogP contribution >= 0.6 is 11.6 Å². The summed E-state index contributed by atoms with van der Waals surface area (Å²) in [6.07, 6.45) is 0. The molecule has 0 spiro atoms. The van der Waals surface area contributed by atoms with Crippen molar-refractivity contribution in [3.8, 4) is 22.9 Å². The average molecular weight is 416 g/mol. The van der Waals surface area contributed by atoms with Gasteiger partial charge in [-0.05, 0) is 56.3 Å². The highest BCUT2D eigenvalue weighted by Crippen LogP contribution is 2.26. The third-order valence-electron chi connectivity index (χ3n) is 4.40. The highest BCUT2D eigenvalue weighted by molar-refractivity contribution is 6.31. The van der Waals surface area contributed by atoms with E-state index in [0.717, 1.165) is 11.3 Å². The molecule has 0 saturated heterocycles. The third kappa shape index (κ3) is 4.68. The first kappa shape index (κ1) is 20.7. The van der Waals surface area contributed by atoms with Crippen LogP contribution in [0.5, 0.6) is 11.5 Å². The van der Waals surface area contributed by atoms with Crippen LogP contribution in [0.3, 0.4) is 0 Å². The molecule has 1 heterocycles. The minimum atomic E-state index is -0.233. The number of carbonyl (C=O) groups is 1. The molecule has 0 aliphatic carbocycles. The second kappa shape index (κ2) is 8.96. The SMILES string of the molecule is COc1ccc(-c2noc(CN(C(=O)c3cc(Cl)ccc3OC)C(C)C)n2)cc1. The maximum atomic E-state index is 13.2. The number of ether oxygens (including phenoxy) is 2.